The van der Waals surface area contributed by atoms with Crippen LogP contribution in [0, 0.1) is 5.92 Å². The maximum Gasteiger partial charge on any atom is 0.255 e. The molecule has 7 heteroatoms. The summed E-state index contributed by atoms with van der Waals surface area (Å²) in [5, 5.41) is 0. The van der Waals surface area contributed by atoms with Gasteiger partial charge in [-0.1, -0.05) is 6.07 Å². The fraction of sp³-hybridized carbons (Fsp3) is 0.476. The van der Waals surface area contributed by atoms with Crippen molar-refractivity contribution >= 4 is 17.7 Å². The molecule has 0 spiro atoms. The van der Waals surface area contributed by atoms with Crippen LogP contribution in [0.3, 0.4) is 0 Å². The van der Waals surface area contributed by atoms with Crippen molar-refractivity contribution in [1.29, 1.82) is 0 Å². The minimum absolute atomic E-state index is 0.133. The molecule has 0 saturated carbocycles. The van der Waals surface area contributed by atoms with Crippen molar-refractivity contribution in [3.63, 3.8) is 0 Å². The van der Waals surface area contributed by atoms with Gasteiger partial charge in [-0.3, -0.25) is 14.6 Å². The molecule has 0 aromatic carbocycles. The maximum atomic E-state index is 12.9. The van der Waals surface area contributed by atoms with Gasteiger partial charge in [-0.25, -0.2) is 0 Å². The van der Waals surface area contributed by atoms with Crippen LogP contribution in [0.4, 0.5) is 0 Å². The minimum Gasteiger partial charge on any atom is -0.341 e. The average molecular weight is 399 g/mol. The molecule has 28 heavy (non-hydrogen) atoms. The molecule has 2 aromatic heterocycles. The molecule has 148 valence electrons. The highest BCUT2D eigenvalue weighted by Gasteiger charge is 2.36. The quantitative estimate of drug-likeness (QED) is 0.722. The Morgan fingerprint density at radius 2 is 1.96 bits per heavy atom. The van der Waals surface area contributed by atoms with Crippen LogP contribution in [0.2, 0.25) is 0 Å². The van der Waals surface area contributed by atoms with Gasteiger partial charge in [0, 0.05) is 60.6 Å². The van der Waals surface area contributed by atoms with Crippen LogP contribution in [0.25, 0.3) is 0 Å². The number of carbonyl (C=O) groups excluding carboxylic acids is 1. The van der Waals surface area contributed by atoms with Gasteiger partial charge in [0.25, 0.3) is 5.56 Å². The SMILES string of the molecule is CN(C)Cc1ccc2n(c1=O)C[C@H]1C[C@@H]2CN(C(=O)CSc2ccncc2)C1. The van der Waals surface area contributed by atoms with Crippen LogP contribution in [-0.4, -0.2) is 58.2 Å². The lowest BCUT2D eigenvalue weighted by molar-refractivity contribution is -0.131. The summed E-state index contributed by atoms with van der Waals surface area (Å²) in [4.78, 5) is 34.8. The molecule has 1 amide bonds. The van der Waals surface area contributed by atoms with Gasteiger partial charge in [0.05, 0.1) is 5.75 Å². The van der Waals surface area contributed by atoms with Gasteiger partial charge in [-0.05, 0) is 44.6 Å². The Balaban J connectivity index is 1.47. The molecule has 0 radical (unpaired) electrons. The lowest BCUT2D eigenvalue weighted by atomic mass is 9.83. The Kier molecular flexibility index (Phi) is 5.55. The summed E-state index contributed by atoms with van der Waals surface area (Å²) in [6.07, 6.45) is 4.56. The second-order valence-corrected chi connectivity index (χ2v) is 9.05. The highest BCUT2D eigenvalue weighted by atomic mass is 32.2. The lowest BCUT2D eigenvalue weighted by Gasteiger charge is -2.43. The monoisotopic (exact) mass is 398 g/mol. The van der Waals surface area contributed by atoms with Crippen molar-refractivity contribution < 1.29 is 4.79 Å². The average Bonchev–Trinajstić information content (AvgIpc) is 2.69. The second-order valence-electron chi connectivity index (χ2n) is 8.01. The number of nitrogens with zero attached hydrogens (tertiary/aromatic N) is 4. The number of rotatable bonds is 5. The third-order valence-electron chi connectivity index (χ3n) is 5.53. The van der Waals surface area contributed by atoms with E-state index in [0.717, 1.165) is 29.1 Å². The van der Waals surface area contributed by atoms with E-state index in [0.29, 0.717) is 31.3 Å². The third kappa shape index (κ3) is 4.00. The molecule has 1 saturated heterocycles. The van der Waals surface area contributed by atoms with E-state index in [1.54, 1.807) is 24.2 Å². The molecule has 4 rings (SSSR count). The van der Waals surface area contributed by atoms with Crippen LogP contribution in [0.15, 0.2) is 46.3 Å². The van der Waals surface area contributed by atoms with Crippen molar-refractivity contribution in [3.8, 4) is 0 Å². The molecule has 2 bridgehead atoms. The molecule has 0 unspecified atom stereocenters. The Morgan fingerprint density at radius 1 is 1.18 bits per heavy atom. The molecular weight excluding hydrogens is 372 g/mol. The number of piperidine rings is 1. The van der Waals surface area contributed by atoms with Crippen molar-refractivity contribution in [2.45, 2.75) is 30.3 Å². The van der Waals surface area contributed by atoms with Crippen LogP contribution in [0.1, 0.15) is 23.6 Å². The van der Waals surface area contributed by atoms with Crippen molar-refractivity contribution in [2.24, 2.45) is 5.92 Å². The topological polar surface area (TPSA) is 58.4 Å². The first kappa shape index (κ1) is 19.2. The zero-order valence-electron chi connectivity index (χ0n) is 16.4. The third-order valence-corrected chi connectivity index (χ3v) is 6.53. The summed E-state index contributed by atoms with van der Waals surface area (Å²) < 4.78 is 1.96. The summed E-state index contributed by atoms with van der Waals surface area (Å²) in [7, 11) is 3.96. The van der Waals surface area contributed by atoms with Crippen LogP contribution in [0.5, 0.6) is 0 Å². The van der Waals surface area contributed by atoms with Gasteiger partial charge in [-0.2, -0.15) is 0 Å². The van der Waals surface area contributed by atoms with E-state index in [4.69, 9.17) is 0 Å². The van der Waals surface area contributed by atoms with E-state index < -0.39 is 0 Å². The smallest absolute Gasteiger partial charge is 0.255 e. The van der Waals surface area contributed by atoms with Gasteiger partial charge in [0.2, 0.25) is 5.91 Å². The molecular formula is C21H26N4O2S. The summed E-state index contributed by atoms with van der Waals surface area (Å²) in [5.41, 5.74) is 2.06. The van der Waals surface area contributed by atoms with Gasteiger partial charge < -0.3 is 14.4 Å². The Hall–Kier alpha value is -2.12. The Morgan fingerprint density at radius 3 is 2.71 bits per heavy atom. The summed E-state index contributed by atoms with van der Waals surface area (Å²) >= 11 is 1.55. The lowest BCUT2D eigenvalue weighted by Crippen LogP contribution is -2.50. The van der Waals surface area contributed by atoms with Crippen molar-refractivity contribution in [1.82, 2.24) is 19.4 Å². The predicted molar refractivity (Wildman–Crippen MR) is 110 cm³/mol. The number of hydrogen-bond acceptors (Lipinski definition) is 5. The number of aromatic nitrogens is 2. The van der Waals surface area contributed by atoms with E-state index in [1.165, 1.54) is 0 Å². The molecule has 0 N–H and O–H groups in total. The number of thioether (sulfide) groups is 1. The van der Waals surface area contributed by atoms with E-state index >= 15 is 0 Å². The Bertz CT molecular complexity index is 912. The number of hydrogen-bond donors (Lipinski definition) is 0. The van der Waals surface area contributed by atoms with E-state index in [9.17, 15) is 9.59 Å². The van der Waals surface area contributed by atoms with Crippen LogP contribution < -0.4 is 5.56 Å². The fourth-order valence-electron chi connectivity index (χ4n) is 4.33. The minimum atomic E-state index is 0.133. The number of fused-ring (bicyclic) bond motifs is 4. The molecule has 2 aliphatic heterocycles. The number of amides is 1. The molecule has 2 aliphatic rings. The van der Waals surface area contributed by atoms with Gasteiger partial charge in [0.15, 0.2) is 0 Å². The zero-order chi connectivity index (χ0) is 19.7. The van der Waals surface area contributed by atoms with E-state index in [2.05, 4.69) is 11.1 Å². The zero-order valence-corrected chi connectivity index (χ0v) is 17.2. The second kappa shape index (κ2) is 8.09. The van der Waals surface area contributed by atoms with Crippen molar-refractivity contribution in [2.75, 3.05) is 32.9 Å². The number of carbonyl (C=O) groups is 1. The van der Waals surface area contributed by atoms with E-state index in [1.807, 2.05) is 46.7 Å². The number of pyridine rings is 2. The largest absolute Gasteiger partial charge is 0.341 e. The molecule has 6 nitrogen and oxygen atoms in total. The molecule has 1 fully saturated rings. The molecule has 2 aromatic rings. The first-order valence-corrected chi connectivity index (χ1v) is 10.7. The molecule has 4 heterocycles. The summed E-state index contributed by atoms with van der Waals surface area (Å²) in [5.74, 6) is 1.23. The van der Waals surface area contributed by atoms with Crippen LogP contribution >= 0.6 is 11.8 Å². The van der Waals surface area contributed by atoms with E-state index in [-0.39, 0.29) is 17.4 Å². The Labute approximate surface area is 169 Å². The first-order valence-electron chi connectivity index (χ1n) is 9.69. The normalized spacial score (nSPS) is 20.9. The molecule has 2 atom stereocenters. The highest BCUT2D eigenvalue weighted by molar-refractivity contribution is 8.00. The summed E-state index contributed by atoms with van der Waals surface area (Å²) in [6.45, 7) is 2.83. The standard InChI is InChI=1S/C21H26N4O2S/c1-23(2)12-16-3-4-19-17-9-15(11-25(19)21(16)27)10-24(13-17)20(26)14-28-18-5-7-22-8-6-18/h3-8,15,17H,9-14H2,1-2H3/t15-,17+/m0/s1. The van der Waals surface area contributed by atoms with Gasteiger partial charge in [-0.15, -0.1) is 11.8 Å². The summed E-state index contributed by atoms with van der Waals surface area (Å²) in [6, 6.07) is 7.92. The first-order chi connectivity index (χ1) is 13.5. The fourth-order valence-corrected chi connectivity index (χ4v) is 5.11. The van der Waals surface area contributed by atoms with Crippen molar-refractivity contribution in [3.05, 3.63) is 58.3 Å². The van der Waals surface area contributed by atoms with Crippen LogP contribution in [-0.2, 0) is 17.9 Å². The molecule has 0 aliphatic carbocycles. The number of likely N-dealkylation sites (tertiary alicyclic amines) is 1. The van der Waals surface area contributed by atoms with Gasteiger partial charge >= 0.3 is 0 Å². The highest BCUT2D eigenvalue weighted by Crippen LogP contribution is 2.35. The predicted octanol–water partition coefficient (Wildman–Crippen LogP) is 2.04. The maximum absolute atomic E-state index is 12.9. The van der Waals surface area contributed by atoms with Gasteiger partial charge in [0.1, 0.15) is 0 Å².